The maximum absolute atomic E-state index is 5.94. The molecule has 52 heavy (non-hydrogen) atoms. The van der Waals surface area contributed by atoms with Gasteiger partial charge in [-0.3, -0.25) is 0 Å². The topological polar surface area (TPSA) is 111 Å². The fourth-order valence-corrected chi connectivity index (χ4v) is 11.9. The Morgan fingerprint density at radius 1 is 0.365 bits per heavy atom. The van der Waals surface area contributed by atoms with Crippen LogP contribution in [0.5, 0.6) is 0 Å². The molecule has 0 aromatic rings. The quantitative estimate of drug-likeness (QED) is 0.272. The molecule has 12 nitrogen and oxygen atoms in total. The van der Waals surface area contributed by atoms with Crippen LogP contribution in [-0.4, -0.2) is 155 Å². The highest BCUT2D eigenvalue weighted by molar-refractivity contribution is 5.10. The van der Waals surface area contributed by atoms with Crippen molar-refractivity contribution in [2.24, 2.45) is 23.7 Å². The van der Waals surface area contributed by atoms with Gasteiger partial charge in [0, 0.05) is 80.6 Å². The van der Waals surface area contributed by atoms with Crippen LogP contribution in [0, 0.1) is 23.7 Å². The molecule has 8 fully saturated rings. The van der Waals surface area contributed by atoms with Crippen molar-refractivity contribution in [3.63, 3.8) is 0 Å². The van der Waals surface area contributed by atoms with Gasteiger partial charge in [0.1, 0.15) is 22.4 Å². The highest BCUT2D eigenvalue weighted by Gasteiger charge is 2.61. The van der Waals surface area contributed by atoms with Crippen molar-refractivity contribution >= 4 is 0 Å². The maximum Gasteiger partial charge on any atom is 0.118 e. The first kappa shape index (κ1) is 42.7. The van der Waals surface area contributed by atoms with Crippen molar-refractivity contribution in [2.75, 3.05) is 83.3 Å². The molecule has 0 aromatic carbocycles. The predicted molar refractivity (Wildman–Crippen MR) is 195 cm³/mol. The minimum Gasteiger partial charge on any atom is -0.382 e. The van der Waals surface area contributed by atoms with E-state index in [9.17, 15) is 0 Å². The van der Waals surface area contributed by atoms with Crippen LogP contribution in [0.15, 0.2) is 0 Å². The van der Waals surface area contributed by atoms with Crippen LogP contribution in [0.2, 0.25) is 0 Å². The van der Waals surface area contributed by atoms with E-state index in [1.807, 2.05) is 0 Å². The molecule has 4 aliphatic carbocycles. The Labute approximate surface area is 313 Å². The van der Waals surface area contributed by atoms with Crippen molar-refractivity contribution in [2.45, 2.75) is 150 Å². The molecular formula is C40H72O12. The Kier molecular flexibility index (Phi) is 14.6. The van der Waals surface area contributed by atoms with Gasteiger partial charge in [-0.25, -0.2) is 0 Å². The van der Waals surface area contributed by atoms with E-state index < -0.39 is 0 Å². The van der Waals surface area contributed by atoms with Gasteiger partial charge in [-0.2, -0.15) is 0 Å². The molecule has 0 aromatic heterocycles. The summed E-state index contributed by atoms with van der Waals surface area (Å²) < 4.78 is 66.7. The summed E-state index contributed by atoms with van der Waals surface area (Å²) in [6.45, 7) is 11.2. The molecule has 4 aliphatic heterocycles. The largest absolute Gasteiger partial charge is 0.382 e. The summed E-state index contributed by atoms with van der Waals surface area (Å²) in [6.07, 6.45) is 11.4. The fraction of sp³-hybridized carbons (Fsp3) is 1.00. The van der Waals surface area contributed by atoms with Gasteiger partial charge >= 0.3 is 0 Å². The van der Waals surface area contributed by atoms with E-state index >= 15 is 0 Å². The summed E-state index contributed by atoms with van der Waals surface area (Å²) in [5, 5.41) is 0. The maximum atomic E-state index is 5.94. The van der Waals surface area contributed by atoms with E-state index in [-0.39, 0.29) is 46.8 Å². The molecule has 4 saturated carbocycles. The van der Waals surface area contributed by atoms with Crippen LogP contribution in [0.3, 0.4) is 0 Å². The first-order valence-electron chi connectivity index (χ1n) is 19.7. The lowest BCUT2D eigenvalue weighted by Gasteiger charge is -2.30. The lowest BCUT2D eigenvalue weighted by molar-refractivity contribution is -0.126. The monoisotopic (exact) mass is 745 g/mol. The molecule has 4 saturated heterocycles. The van der Waals surface area contributed by atoms with Crippen LogP contribution in [0.1, 0.15) is 79.1 Å². The molecule has 8 rings (SSSR count). The van der Waals surface area contributed by atoms with E-state index in [1.54, 1.807) is 56.9 Å². The first-order chi connectivity index (χ1) is 24.9. The number of hydrogen-bond donors (Lipinski definition) is 0. The van der Waals surface area contributed by atoms with Gasteiger partial charge in [-0.05, 0) is 79.1 Å². The van der Waals surface area contributed by atoms with Crippen molar-refractivity contribution in [3.8, 4) is 0 Å². The molecule has 16 atom stereocenters. The summed E-state index contributed by atoms with van der Waals surface area (Å²) in [7, 11) is 14.0. The summed E-state index contributed by atoms with van der Waals surface area (Å²) in [6, 6.07) is 0. The van der Waals surface area contributed by atoms with Gasteiger partial charge in [-0.1, -0.05) is 0 Å². The molecule has 0 spiro atoms. The number of methoxy groups -OCH3 is 8. The Bertz CT molecular complexity index is 946. The van der Waals surface area contributed by atoms with E-state index in [1.165, 1.54) is 25.7 Å². The zero-order valence-corrected chi connectivity index (χ0v) is 34.3. The van der Waals surface area contributed by atoms with Crippen LogP contribution in [-0.2, 0) is 56.8 Å². The molecule has 0 N–H and O–H groups in total. The zero-order valence-electron chi connectivity index (χ0n) is 34.3. The SMILES string of the molecule is COC[C@@]12CC[C@H](C1OC)[C@H](C)O2.COC[C@@]12CC[C@H](C1OC)[C@H](C)O2.COC[C@]12CC[C@@H](C1OC)[C@H](C)O2.COC[C@]12CC[C@@H](C1OC)[C@H](C)O2. The molecule has 304 valence electrons. The summed E-state index contributed by atoms with van der Waals surface area (Å²) in [5.41, 5.74) is -0.581. The number of rotatable bonds is 12. The third-order valence-corrected chi connectivity index (χ3v) is 13.9. The van der Waals surface area contributed by atoms with Crippen LogP contribution in [0.25, 0.3) is 0 Å². The average molecular weight is 745 g/mol. The van der Waals surface area contributed by atoms with Crippen LogP contribution in [0.4, 0.5) is 0 Å². The second-order valence-electron chi connectivity index (χ2n) is 16.7. The van der Waals surface area contributed by atoms with Crippen molar-refractivity contribution in [1.29, 1.82) is 0 Å². The Morgan fingerprint density at radius 2 is 0.558 bits per heavy atom. The number of hydrogen-bond acceptors (Lipinski definition) is 12. The smallest absolute Gasteiger partial charge is 0.118 e. The van der Waals surface area contributed by atoms with E-state index in [0.29, 0.717) is 74.5 Å². The number of fused-ring (bicyclic) bond motifs is 8. The van der Waals surface area contributed by atoms with E-state index in [0.717, 1.165) is 25.7 Å². The highest BCUT2D eigenvalue weighted by Crippen LogP contribution is 2.52. The minimum atomic E-state index is -0.145. The summed E-state index contributed by atoms with van der Waals surface area (Å²) >= 11 is 0. The lowest BCUT2D eigenvalue weighted by atomic mass is 9.99. The number of ether oxygens (including phenoxy) is 12. The summed E-state index contributed by atoms with van der Waals surface area (Å²) in [4.78, 5) is 0. The lowest BCUT2D eigenvalue weighted by Crippen LogP contribution is -2.42. The zero-order chi connectivity index (χ0) is 37.9. The van der Waals surface area contributed by atoms with Crippen LogP contribution >= 0.6 is 0 Å². The molecular weight excluding hydrogens is 672 g/mol. The predicted octanol–water partition coefficient (Wildman–Crippen LogP) is 4.86. The van der Waals surface area contributed by atoms with Gasteiger partial charge in [0.25, 0.3) is 0 Å². The molecule has 8 bridgehead atoms. The van der Waals surface area contributed by atoms with Crippen molar-refractivity contribution in [1.82, 2.24) is 0 Å². The Balaban J connectivity index is 0.000000134. The molecule has 4 unspecified atom stereocenters. The van der Waals surface area contributed by atoms with Gasteiger partial charge in [-0.15, -0.1) is 0 Å². The highest BCUT2D eigenvalue weighted by atomic mass is 16.6. The fourth-order valence-electron chi connectivity index (χ4n) is 11.9. The molecule has 4 heterocycles. The molecule has 8 aliphatic rings. The second-order valence-corrected chi connectivity index (χ2v) is 16.7. The molecule has 0 amide bonds. The van der Waals surface area contributed by atoms with Crippen molar-refractivity contribution < 1.29 is 56.8 Å². The van der Waals surface area contributed by atoms with E-state index in [4.69, 9.17) is 56.8 Å². The first-order valence-corrected chi connectivity index (χ1v) is 19.7. The molecule has 12 heteroatoms. The second kappa shape index (κ2) is 17.8. The van der Waals surface area contributed by atoms with Gasteiger partial charge < -0.3 is 56.8 Å². The molecule has 0 radical (unpaired) electrons. The Hall–Kier alpha value is -0.480. The van der Waals surface area contributed by atoms with Crippen molar-refractivity contribution in [3.05, 3.63) is 0 Å². The normalized spacial score (nSPS) is 48.7. The average Bonchev–Trinajstić information content (AvgIpc) is 3.98. The summed E-state index contributed by atoms with van der Waals surface area (Å²) in [5.74, 6) is 2.28. The van der Waals surface area contributed by atoms with Crippen LogP contribution < -0.4 is 0 Å². The van der Waals surface area contributed by atoms with Gasteiger partial charge in [0.2, 0.25) is 0 Å². The standard InChI is InChI=1S/4C10H18O3/c4*1-7-8-4-5-10(13-7,6-11-2)9(8)12-3/h4*7-9H,4-6H2,1-3H3/t2*7-,8+,9?,10+;2*7-,8-,9?,10-/m0000/s1. The van der Waals surface area contributed by atoms with Gasteiger partial charge in [0.05, 0.1) is 75.3 Å². The van der Waals surface area contributed by atoms with E-state index in [2.05, 4.69) is 27.7 Å². The Morgan fingerprint density at radius 3 is 0.692 bits per heavy atom. The third-order valence-electron chi connectivity index (χ3n) is 13.9. The van der Waals surface area contributed by atoms with Gasteiger partial charge in [0.15, 0.2) is 0 Å². The minimum absolute atomic E-state index is 0.145. The third kappa shape index (κ3) is 7.64.